The maximum Gasteiger partial charge on any atom is 0.0954 e. The van der Waals surface area contributed by atoms with E-state index < -0.39 is 5.24 Å². The van der Waals surface area contributed by atoms with E-state index in [1.807, 2.05) is 0 Å². The fraction of sp³-hybridized carbons (Fsp3) is 0.800. The first kappa shape index (κ1) is 10.6. The summed E-state index contributed by atoms with van der Waals surface area (Å²) in [6.45, 7) is 4.36. The molecule has 0 saturated heterocycles. The van der Waals surface area contributed by atoms with Crippen LogP contribution in [0.15, 0.2) is 0 Å². The Hall–Kier alpha value is -0.310. The topological polar surface area (TPSA) is 43.1 Å². The van der Waals surface area contributed by atoms with E-state index in [0.29, 0.717) is 0 Å². The number of amides is 1. The zero-order valence-electron chi connectivity index (χ0n) is 5.31. The third kappa shape index (κ3) is 263. The first-order valence-corrected chi connectivity index (χ1v) is 3.02. The number of nitrogens with two attached hydrogens (primary N) is 1. The molecule has 0 spiro atoms. The number of unbranched alkanes of at least 4 members (excludes halogenated alkanes) is 1. The zero-order chi connectivity index (χ0) is 6.99. The number of hydrogen-bond donors (Lipinski definition) is 1. The normalized spacial score (nSPS) is 6.75. The van der Waals surface area contributed by atoms with Crippen molar-refractivity contribution in [1.82, 2.24) is 0 Å². The minimum absolute atomic E-state index is 0.750. The van der Waals surface area contributed by atoms with E-state index in [0.717, 1.165) is 0 Å². The van der Waals surface area contributed by atoms with Gasteiger partial charge in [-0.05, 0) is 0 Å². The number of carbonyl (C=O) groups excluding carboxylic acids is 1. The molecule has 0 aromatic heterocycles. The van der Waals surface area contributed by atoms with Crippen molar-refractivity contribution in [2.45, 2.75) is 26.7 Å². The van der Waals surface area contributed by atoms with Gasteiger partial charge in [0.15, 0.2) is 0 Å². The molecule has 2 N–H and O–H groups in total. The number of hydrogen-bond acceptors (Lipinski definition) is 2. The Bertz CT molecular complexity index is 50.4. The lowest BCUT2D eigenvalue weighted by Crippen LogP contribution is -2.00. The molecule has 0 heterocycles. The van der Waals surface area contributed by atoms with E-state index in [1.54, 1.807) is 0 Å². The van der Waals surface area contributed by atoms with Crippen molar-refractivity contribution >= 4 is 17.9 Å². The fourth-order valence-electron chi connectivity index (χ4n) is 0. The highest BCUT2D eigenvalue weighted by atomic mass is 32.1. The first-order chi connectivity index (χ1) is 3.65. The van der Waals surface area contributed by atoms with Gasteiger partial charge in [-0.2, -0.15) is 0 Å². The molecule has 0 bridgehead atoms. The van der Waals surface area contributed by atoms with Crippen LogP contribution in [0.1, 0.15) is 26.7 Å². The first-order valence-electron chi connectivity index (χ1n) is 2.61. The third-order valence-corrected chi connectivity index (χ3v) is 0.500. The molecular formula is C5H12NOS-. The van der Waals surface area contributed by atoms with Crippen LogP contribution in [0, 0.1) is 0 Å². The summed E-state index contributed by atoms with van der Waals surface area (Å²) in [5, 5.41) is -0.750. The summed E-state index contributed by atoms with van der Waals surface area (Å²) in [6, 6.07) is 0. The standard InChI is InChI=1S/C4H10.CH3NOS/c1-3-4-2;2-1(3)4/h3-4H2,1-2H3;(H3,2,3,4)/p-1. The highest BCUT2D eigenvalue weighted by molar-refractivity contribution is 7.76. The molecule has 2 nitrogen and oxygen atoms in total. The van der Waals surface area contributed by atoms with Gasteiger partial charge in [0.25, 0.3) is 0 Å². The molecular weight excluding hydrogens is 122 g/mol. The van der Waals surface area contributed by atoms with Crippen molar-refractivity contribution in [3.63, 3.8) is 0 Å². The second-order valence-corrected chi connectivity index (χ2v) is 1.72. The van der Waals surface area contributed by atoms with Gasteiger partial charge in [0, 0.05) is 0 Å². The molecule has 0 aliphatic heterocycles. The van der Waals surface area contributed by atoms with Crippen molar-refractivity contribution in [3.8, 4) is 0 Å². The van der Waals surface area contributed by atoms with Gasteiger partial charge in [0.05, 0.1) is 5.24 Å². The Labute approximate surface area is 55.9 Å². The van der Waals surface area contributed by atoms with Crippen LogP contribution in [0.2, 0.25) is 0 Å². The average molecular weight is 134 g/mol. The minimum Gasteiger partial charge on any atom is -0.719 e. The van der Waals surface area contributed by atoms with Crippen LogP contribution < -0.4 is 5.73 Å². The second kappa shape index (κ2) is 9.85. The number of rotatable bonds is 1. The molecule has 0 atom stereocenters. The van der Waals surface area contributed by atoms with Crippen molar-refractivity contribution in [2.75, 3.05) is 0 Å². The molecule has 0 unspecified atom stereocenters. The lowest BCUT2D eigenvalue weighted by Gasteiger charge is -1.83. The van der Waals surface area contributed by atoms with Crippen molar-refractivity contribution < 1.29 is 4.79 Å². The lowest BCUT2D eigenvalue weighted by molar-refractivity contribution is 0.267. The molecule has 0 aliphatic rings. The van der Waals surface area contributed by atoms with E-state index in [4.69, 9.17) is 4.79 Å². The number of carbonyl (C=O) groups is 1. The van der Waals surface area contributed by atoms with Crippen molar-refractivity contribution in [1.29, 1.82) is 0 Å². The second-order valence-electron chi connectivity index (χ2n) is 1.32. The lowest BCUT2D eigenvalue weighted by atomic mass is 10.4. The van der Waals surface area contributed by atoms with Crippen LogP contribution >= 0.6 is 0 Å². The predicted molar refractivity (Wildman–Crippen MR) is 37.5 cm³/mol. The van der Waals surface area contributed by atoms with E-state index in [1.165, 1.54) is 12.8 Å². The summed E-state index contributed by atoms with van der Waals surface area (Å²) in [7, 11) is 0. The quantitative estimate of drug-likeness (QED) is 0.551. The average Bonchev–Trinajstić information content (AvgIpc) is 1.65. The van der Waals surface area contributed by atoms with Crippen molar-refractivity contribution in [3.05, 3.63) is 0 Å². The summed E-state index contributed by atoms with van der Waals surface area (Å²) < 4.78 is 0. The molecule has 0 saturated carbocycles. The molecule has 0 aromatic rings. The Balaban J connectivity index is 0. The highest BCUT2D eigenvalue weighted by Crippen LogP contribution is 1.76. The van der Waals surface area contributed by atoms with Crippen LogP contribution in [-0.2, 0) is 12.6 Å². The monoisotopic (exact) mass is 134 g/mol. The summed E-state index contributed by atoms with van der Waals surface area (Å²) in [5.74, 6) is 0. The third-order valence-electron chi connectivity index (χ3n) is 0.500. The largest absolute Gasteiger partial charge is 0.719 e. The maximum atomic E-state index is 9.04. The molecule has 3 heteroatoms. The fourth-order valence-corrected chi connectivity index (χ4v) is 0. The molecule has 50 valence electrons. The van der Waals surface area contributed by atoms with Gasteiger partial charge in [-0.3, -0.25) is 0 Å². The Morgan fingerprint density at radius 2 is 1.62 bits per heavy atom. The molecule has 0 aliphatic carbocycles. The summed E-state index contributed by atoms with van der Waals surface area (Å²) >= 11 is 3.76. The molecule has 1 amide bonds. The van der Waals surface area contributed by atoms with E-state index in [9.17, 15) is 0 Å². The van der Waals surface area contributed by atoms with Crippen LogP contribution in [0.25, 0.3) is 0 Å². The van der Waals surface area contributed by atoms with Gasteiger partial charge in [-0.15, -0.1) is 0 Å². The van der Waals surface area contributed by atoms with Crippen LogP contribution in [0.5, 0.6) is 0 Å². The number of primary amides is 1. The summed E-state index contributed by atoms with van der Waals surface area (Å²) in [5.41, 5.74) is 4.29. The van der Waals surface area contributed by atoms with Gasteiger partial charge in [0.2, 0.25) is 0 Å². The summed E-state index contributed by atoms with van der Waals surface area (Å²) in [6.07, 6.45) is 2.64. The van der Waals surface area contributed by atoms with Crippen molar-refractivity contribution in [2.24, 2.45) is 5.73 Å². The van der Waals surface area contributed by atoms with E-state index in [2.05, 4.69) is 32.2 Å². The van der Waals surface area contributed by atoms with Gasteiger partial charge >= 0.3 is 0 Å². The molecule has 0 aromatic carbocycles. The Morgan fingerprint density at radius 1 is 1.50 bits per heavy atom. The van der Waals surface area contributed by atoms with Gasteiger partial charge in [-0.25, -0.2) is 0 Å². The molecule has 0 rings (SSSR count). The summed E-state index contributed by atoms with van der Waals surface area (Å²) in [4.78, 5) is 9.04. The predicted octanol–water partition coefficient (Wildman–Crippen LogP) is 1.42. The maximum absolute atomic E-state index is 9.04. The van der Waals surface area contributed by atoms with E-state index in [-0.39, 0.29) is 0 Å². The van der Waals surface area contributed by atoms with Crippen LogP contribution in [-0.4, -0.2) is 5.24 Å². The zero-order valence-corrected chi connectivity index (χ0v) is 6.12. The Morgan fingerprint density at radius 3 is 1.62 bits per heavy atom. The molecule has 8 heavy (non-hydrogen) atoms. The van der Waals surface area contributed by atoms with Crippen LogP contribution in [0.4, 0.5) is 4.79 Å². The van der Waals surface area contributed by atoms with Crippen LogP contribution in [0.3, 0.4) is 0 Å². The minimum atomic E-state index is -0.750. The van der Waals surface area contributed by atoms with Gasteiger partial charge in [0.1, 0.15) is 0 Å². The SMILES string of the molecule is CCCC.NC(=O)[S-]. The van der Waals surface area contributed by atoms with E-state index >= 15 is 0 Å². The highest BCUT2D eigenvalue weighted by Gasteiger charge is 1.56. The smallest absolute Gasteiger partial charge is 0.0954 e. The molecule has 0 fully saturated rings. The van der Waals surface area contributed by atoms with Gasteiger partial charge < -0.3 is 23.2 Å². The molecule has 0 radical (unpaired) electrons. The Kier molecular flexibility index (Phi) is 13.1. The van der Waals surface area contributed by atoms with Gasteiger partial charge in [-0.1, -0.05) is 26.7 Å².